The topological polar surface area (TPSA) is 59.8 Å². The highest BCUT2D eigenvalue weighted by molar-refractivity contribution is 7.99. The number of hydrogen-bond acceptors (Lipinski definition) is 4. The van der Waals surface area contributed by atoms with E-state index in [0.29, 0.717) is 17.3 Å². The predicted molar refractivity (Wildman–Crippen MR) is 130 cm³/mol. The molecule has 1 atom stereocenters. The lowest BCUT2D eigenvalue weighted by Gasteiger charge is -2.19. The van der Waals surface area contributed by atoms with Crippen molar-refractivity contribution in [2.24, 2.45) is 0 Å². The van der Waals surface area contributed by atoms with E-state index in [1.165, 1.54) is 35.0 Å². The summed E-state index contributed by atoms with van der Waals surface area (Å²) in [5.74, 6) is -0.0897. The average Bonchev–Trinajstić information content (AvgIpc) is 3.17. The molecule has 1 N–H and O–H groups in total. The van der Waals surface area contributed by atoms with Crippen LogP contribution in [-0.4, -0.2) is 38.6 Å². The number of hydrogen-bond donors (Lipinski definition) is 1. The van der Waals surface area contributed by atoms with Crippen LogP contribution in [0.2, 0.25) is 0 Å². The third kappa shape index (κ3) is 9.29. The quantitative estimate of drug-likeness (QED) is 0.199. The SMILES string of the molecule is C=C/C=C\C(CSc1nnc(C(=O)NC(CCC=C)/C(C)=C/C(F)(F)F)n1C=C)=C(\C)CC. The second-order valence-corrected chi connectivity index (χ2v) is 8.17. The average molecular weight is 481 g/mol. The van der Waals surface area contributed by atoms with E-state index < -0.39 is 18.1 Å². The van der Waals surface area contributed by atoms with E-state index in [4.69, 9.17) is 0 Å². The maximum absolute atomic E-state index is 12.9. The molecule has 0 saturated carbocycles. The van der Waals surface area contributed by atoms with E-state index >= 15 is 0 Å². The summed E-state index contributed by atoms with van der Waals surface area (Å²) in [5.41, 5.74) is 2.31. The number of halogens is 3. The van der Waals surface area contributed by atoms with Crippen LogP contribution < -0.4 is 5.32 Å². The molecule has 0 saturated heterocycles. The molecule has 0 fully saturated rings. The van der Waals surface area contributed by atoms with Gasteiger partial charge in [-0.15, -0.1) is 16.8 Å². The second-order valence-electron chi connectivity index (χ2n) is 7.22. The second kappa shape index (κ2) is 13.7. The molecule has 1 amide bonds. The number of alkyl halides is 3. The fourth-order valence-corrected chi connectivity index (χ4v) is 3.87. The Kier molecular flexibility index (Phi) is 11.7. The minimum Gasteiger partial charge on any atom is -0.343 e. The largest absolute Gasteiger partial charge is 0.409 e. The first-order valence-electron chi connectivity index (χ1n) is 10.4. The lowest BCUT2D eigenvalue weighted by Crippen LogP contribution is -2.37. The van der Waals surface area contributed by atoms with Gasteiger partial charge in [0, 0.05) is 18.0 Å². The molecule has 0 aromatic carbocycles. The maximum Gasteiger partial charge on any atom is 0.409 e. The van der Waals surface area contributed by atoms with Crippen molar-refractivity contribution in [3.63, 3.8) is 0 Å². The van der Waals surface area contributed by atoms with E-state index in [-0.39, 0.29) is 23.9 Å². The molecule has 0 bridgehead atoms. The van der Waals surface area contributed by atoms with Crippen molar-refractivity contribution in [3.8, 4) is 0 Å². The number of thioether (sulfide) groups is 1. The van der Waals surface area contributed by atoms with Crippen molar-refractivity contribution in [1.29, 1.82) is 0 Å². The molecule has 0 radical (unpaired) electrons. The van der Waals surface area contributed by atoms with Gasteiger partial charge < -0.3 is 5.32 Å². The molecule has 0 aliphatic carbocycles. The number of carbonyl (C=O) groups is 1. The standard InChI is InChI=1S/C24H31F3N4OS/c1-7-11-13-19(17(5)9-3)16-33-23-30-29-21(31(23)10-4)22(32)28-20(14-12-8-2)18(6)15-24(25,26)27/h7-8,10-11,13,15,20H,1-2,4,9,12,14,16H2,3,5-6H3,(H,28,32)/b13-11-,18-15+,19-17+. The smallest absolute Gasteiger partial charge is 0.343 e. The Morgan fingerprint density at radius 3 is 2.48 bits per heavy atom. The molecule has 0 aliphatic heterocycles. The van der Waals surface area contributed by atoms with Crippen molar-refractivity contribution >= 4 is 23.9 Å². The van der Waals surface area contributed by atoms with Crippen molar-refractivity contribution in [2.75, 3.05) is 5.75 Å². The Morgan fingerprint density at radius 1 is 1.24 bits per heavy atom. The van der Waals surface area contributed by atoms with E-state index in [1.807, 2.05) is 19.1 Å². The molecule has 0 spiro atoms. The first-order valence-corrected chi connectivity index (χ1v) is 11.4. The van der Waals surface area contributed by atoms with Crippen molar-refractivity contribution in [1.82, 2.24) is 20.1 Å². The van der Waals surface area contributed by atoms with Gasteiger partial charge in [0.05, 0.1) is 6.04 Å². The van der Waals surface area contributed by atoms with Gasteiger partial charge in [0.1, 0.15) is 0 Å². The Balaban J connectivity index is 3.12. The molecule has 9 heteroatoms. The maximum atomic E-state index is 12.9. The van der Waals surface area contributed by atoms with E-state index in [9.17, 15) is 18.0 Å². The highest BCUT2D eigenvalue weighted by Crippen LogP contribution is 2.24. The minimum atomic E-state index is -4.48. The number of allylic oxidation sites excluding steroid dienone is 6. The summed E-state index contributed by atoms with van der Waals surface area (Å²) in [4.78, 5) is 12.9. The molecule has 33 heavy (non-hydrogen) atoms. The summed E-state index contributed by atoms with van der Waals surface area (Å²) < 4.78 is 39.9. The molecule has 1 heterocycles. The van der Waals surface area contributed by atoms with Crippen molar-refractivity contribution in [2.45, 2.75) is 57.4 Å². The van der Waals surface area contributed by atoms with Crippen LogP contribution in [0, 0.1) is 0 Å². The number of amides is 1. The zero-order valence-electron chi connectivity index (χ0n) is 19.3. The fourth-order valence-electron chi connectivity index (χ4n) is 2.84. The van der Waals surface area contributed by atoms with Crippen LogP contribution in [0.5, 0.6) is 0 Å². The summed E-state index contributed by atoms with van der Waals surface area (Å²) in [6.45, 7) is 16.4. The Labute approximate surface area is 197 Å². The van der Waals surface area contributed by atoms with Crippen LogP contribution in [0.4, 0.5) is 13.2 Å². The zero-order valence-corrected chi connectivity index (χ0v) is 20.1. The molecule has 1 aromatic rings. The van der Waals surface area contributed by atoms with Gasteiger partial charge in [-0.25, -0.2) is 0 Å². The number of carbonyl (C=O) groups excluding carboxylic acids is 1. The van der Waals surface area contributed by atoms with E-state index in [1.54, 1.807) is 12.2 Å². The van der Waals surface area contributed by atoms with E-state index in [2.05, 4.69) is 42.2 Å². The normalized spacial score (nSPS) is 14.1. The summed E-state index contributed by atoms with van der Waals surface area (Å²) >= 11 is 1.38. The van der Waals surface area contributed by atoms with Gasteiger partial charge in [0.15, 0.2) is 5.16 Å². The van der Waals surface area contributed by atoms with Crippen LogP contribution >= 0.6 is 11.8 Å². The van der Waals surface area contributed by atoms with Crippen molar-refractivity contribution in [3.05, 3.63) is 72.7 Å². The molecule has 1 unspecified atom stereocenters. The van der Waals surface area contributed by atoms with Gasteiger partial charge in [-0.1, -0.05) is 61.7 Å². The molecular formula is C24H31F3N4OS. The highest BCUT2D eigenvalue weighted by Gasteiger charge is 2.27. The Bertz CT molecular complexity index is 942. The minimum absolute atomic E-state index is 0.00390. The van der Waals surface area contributed by atoms with Gasteiger partial charge >= 0.3 is 6.18 Å². The fraction of sp³-hybridized carbons (Fsp3) is 0.375. The van der Waals surface area contributed by atoms with Gasteiger partial charge in [-0.3, -0.25) is 9.36 Å². The summed E-state index contributed by atoms with van der Waals surface area (Å²) in [6, 6.07) is -0.825. The molecular weight excluding hydrogens is 449 g/mol. The molecule has 5 nitrogen and oxygen atoms in total. The number of aromatic nitrogens is 3. The third-order valence-electron chi connectivity index (χ3n) is 4.82. The van der Waals surface area contributed by atoms with Crippen LogP contribution in [0.25, 0.3) is 6.20 Å². The highest BCUT2D eigenvalue weighted by atomic mass is 32.2. The van der Waals surface area contributed by atoms with E-state index in [0.717, 1.165) is 12.0 Å². The van der Waals surface area contributed by atoms with Gasteiger partial charge in [-0.2, -0.15) is 13.2 Å². The predicted octanol–water partition coefficient (Wildman–Crippen LogP) is 6.51. The monoisotopic (exact) mass is 480 g/mol. The summed E-state index contributed by atoms with van der Waals surface area (Å²) in [5, 5.41) is 11.1. The van der Waals surface area contributed by atoms with Gasteiger partial charge in [-0.05, 0) is 44.3 Å². The number of nitrogens with one attached hydrogen (secondary N) is 1. The third-order valence-corrected chi connectivity index (χ3v) is 5.82. The Morgan fingerprint density at radius 2 is 1.94 bits per heavy atom. The Hall–Kier alpha value is -2.81. The lowest BCUT2D eigenvalue weighted by atomic mass is 10.0. The van der Waals surface area contributed by atoms with Crippen molar-refractivity contribution < 1.29 is 18.0 Å². The lowest BCUT2D eigenvalue weighted by molar-refractivity contribution is -0.0807. The first kappa shape index (κ1) is 28.2. The molecule has 180 valence electrons. The molecule has 0 aliphatic rings. The number of nitrogens with zero attached hydrogens (tertiary/aromatic N) is 3. The summed E-state index contributed by atoms with van der Waals surface area (Å²) in [7, 11) is 0. The van der Waals surface area contributed by atoms with Gasteiger partial charge in [0.2, 0.25) is 5.82 Å². The van der Waals surface area contributed by atoms with Crippen LogP contribution in [0.15, 0.2) is 72.0 Å². The van der Waals surface area contributed by atoms with Gasteiger partial charge in [0.25, 0.3) is 5.91 Å². The summed E-state index contributed by atoms with van der Waals surface area (Å²) in [6.07, 6.45) is 5.83. The van der Waals surface area contributed by atoms with Crippen LogP contribution in [0.3, 0.4) is 0 Å². The molecule has 1 rings (SSSR count). The first-order chi connectivity index (χ1) is 15.6. The molecule has 1 aromatic heterocycles. The van der Waals surface area contributed by atoms with Crippen LogP contribution in [0.1, 0.15) is 50.7 Å². The van der Waals surface area contributed by atoms with Crippen LogP contribution in [-0.2, 0) is 0 Å². The number of rotatable bonds is 13. The zero-order chi connectivity index (χ0) is 25.0.